The summed E-state index contributed by atoms with van der Waals surface area (Å²) >= 11 is 4.66. The Hall–Kier alpha value is -2.10. The van der Waals surface area contributed by atoms with Gasteiger partial charge in [-0.3, -0.25) is 10.1 Å². The molecule has 0 bridgehead atoms. The highest BCUT2D eigenvalue weighted by atomic mass is 79.9. The molecule has 0 radical (unpaired) electrons. The van der Waals surface area contributed by atoms with Gasteiger partial charge in [-0.1, -0.05) is 39.8 Å². The Morgan fingerprint density at radius 1 is 1.23 bits per heavy atom. The van der Waals surface area contributed by atoms with Gasteiger partial charge in [0.1, 0.15) is 0 Å². The molecule has 0 heterocycles. The molecule has 0 fully saturated rings. The van der Waals surface area contributed by atoms with Crippen molar-refractivity contribution in [2.75, 3.05) is 6.26 Å². The van der Waals surface area contributed by atoms with Gasteiger partial charge in [-0.15, -0.1) is 0 Å². The standard InChI is InChI=1S/C16H12BrN3OS/c1-22-16(19-10-18)20-14-5-3-2-4-13(14)15(21)11-6-8-12(17)9-7-11/h2-9H,1H3,(H,19,20). The summed E-state index contributed by atoms with van der Waals surface area (Å²) in [6, 6.07) is 14.2. The fourth-order valence-electron chi connectivity index (χ4n) is 1.80. The van der Waals surface area contributed by atoms with E-state index in [9.17, 15) is 4.79 Å². The smallest absolute Gasteiger partial charge is 0.195 e. The average Bonchev–Trinajstić information content (AvgIpc) is 2.55. The molecule has 0 aliphatic carbocycles. The molecule has 0 aliphatic heterocycles. The first-order valence-corrected chi connectivity index (χ1v) is 8.34. The van der Waals surface area contributed by atoms with E-state index in [1.807, 2.05) is 30.6 Å². The maximum atomic E-state index is 12.6. The minimum absolute atomic E-state index is 0.107. The minimum Gasteiger partial charge on any atom is -0.289 e. The van der Waals surface area contributed by atoms with Crippen molar-refractivity contribution in [1.29, 1.82) is 5.26 Å². The van der Waals surface area contributed by atoms with Crippen LogP contribution in [0, 0.1) is 11.5 Å². The summed E-state index contributed by atoms with van der Waals surface area (Å²) in [5, 5.41) is 11.6. The van der Waals surface area contributed by atoms with E-state index in [4.69, 9.17) is 5.26 Å². The number of ketones is 1. The Morgan fingerprint density at radius 3 is 2.55 bits per heavy atom. The highest BCUT2D eigenvalue weighted by molar-refractivity contribution is 9.10. The largest absolute Gasteiger partial charge is 0.289 e. The Balaban J connectivity index is 2.42. The van der Waals surface area contributed by atoms with E-state index < -0.39 is 0 Å². The van der Waals surface area contributed by atoms with Crippen molar-refractivity contribution in [2.45, 2.75) is 0 Å². The zero-order valence-corrected chi connectivity index (χ0v) is 14.1. The van der Waals surface area contributed by atoms with Gasteiger partial charge >= 0.3 is 0 Å². The number of aliphatic imine (C=N–C) groups is 1. The van der Waals surface area contributed by atoms with Crippen LogP contribution in [0.25, 0.3) is 0 Å². The first kappa shape index (κ1) is 16.3. The van der Waals surface area contributed by atoms with Gasteiger partial charge < -0.3 is 0 Å². The third-order valence-corrected chi connectivity index (χ3v) is 3.94. The third kappa shape index (κ3) is 3.97. The second-order valence-corrected chi connectivity index (χ2v) is 5.92. The molecule has 0 saturated heterocycles. The third-order valence-electron chi connectivity index (χ3n) is 2.83. The molecular formula is C16H12BrN3OS. The van der Waals surface area contributed by atoms with Gasteiger partial charge in [0, 0.05) is 15.6 Å². The first-order chi connectivity index (χ1) is 10.7. The van der Waals surface area contributed by atoms with Crippen LogP contribution in [0.1, 0.15) is 15.9 Å². The van der Waals surface area contributed by atoms with Crippen LogP contribution in [-0.2, 0) is 0 Å². The number of nitriles is 1. The molecule has 110 valence electrons. The summed E-state index contributed by atoms with van der Waals surface area (Å²) in [6.07, 6.45) is 3.64. The lowest BCUT2D eigenvalue weighted by molar-refractivity contribution is 0.103. The van der Waals surface area contributed by atoms with Crippen molar-refractivity contribution in [2.24, 2.45) is 4.99 Å². The molecule has 2 aromatic carbocycles. The molecule has 0 unspecified atom stereocenters. The zero-order chi connectivity index (χ0) is 15.9. The molecule has 0 spiro atoms. The van der Waals surface area contributed by atoms with Crippen LogP contribution in [0.15, 0.2) is 58.0 Å². The van der Waals surface area contributed by atoms with Gasteiger partial charge in [0.2, 0.25) is 0 Å². The molecule has 2 aromatic rings. The minimum atomic E-state index is -0.107. The molecule has 4 nitrogen and oxygen atoms in total. The lowest BCUT2D eigenvalue weighted by Crippen LogP contribution is -2.13. The predicted molar refractivity (Wildman–Crippen MR) is 93.4 cm³/mol. The molecule has 0 aliphatic rings. The highest BCUT2D eigenvalue weighted by Crippen LogP contribution is 2.24. The quantitative estimate of drug-likeness (QED) is 0.289. The maximum absolute atomic E-state index is 12.6. The monoisotopic (exact) mass is 373 g/mol. The van der Waals surface area contributed by atoms with Crippen molar-refractivity contribution >= 4 is 44.3 Å². The van der Waals surface area contributed by atoms with E-state index in [-0.39, 0.29) is 5.78 Å². The van der Waals surface area contributed by atoms with Crippen LogP contribution in [0.2, 0.25) is 0 Å². The topological polar surface area (TPSA) is 65.2 Å². The Morgan fingerprint density at radius 2 is 1.91 bits per heavy atom. The molecule has 0 aromatic heterocycles. The number of carbonyl (C=O) groups excluding carboxylic acids is 1. The average molecular weight is 374 g/mol. The second kappa shape index (κ2) is 7.78. The van der Waals surface area contributed by atoms with Crippen molar-refractivity contribution in [3.8, 4) is 6.19 Å². The summed E-state index contributed by atoms with van der Waals surface area (Å²) in [6.45, 7) is 0. The summed E-state index contributed by atoms with van der Waals surface area (Å²) in [7, 11) is 0. The normalized spacial score (nSPS) is 10.9. The summed E-state index contributed by atoms with van der Waals surface area (Å²) in [5.41, 5.74) is 1.61. The Bertz CT molecular complexity index is 751. The van der Waals surface area contributed by atoms with E-state index in [1.54, 1.807) is 30.3 Å². The number of thioether (sulfide) groups is 1. The van der Waals surface area contributed by atoms with Gasteiger partial charge in [0.05, 0.1) is 5.69 Å². The van der Waals surface area contributed by atoms with Crippen LogP contribution >= 0.6 is 27.7 Å². The lowest BCUT2D eigenvalue weighted by atomic mass is 10.0. The number of nitrogens with one attached hydrogen (secondary N) is 1. The van der Waals surface area contributed by atoms with E-state index in [1.165, 1.54) is 11.8 Å². The molecule has 1 N–H and O–H groups in total. The molecule has 0 saturated carbocycles. The molecule has 6 heteroatoms. The number of nitrogens with zero attached hydrogens (tertiary/aromatic N) is 2. The van der Waals surface area contributed by atoms with Crippen LogP contribution in [-0.4, -0.2) is 17.2 Å². The fraction of sp³-hybridized carbons (Fsp3) is 0.0625. The van der Waals surface area contributed by atoms with Crippen molar-refractivity contribution in [3.63, 3.8) is 0 Å². The van der Waals surface area contributed by atoms with Gasteiger partial charge in [0.15, 0.2) is 17.1 Å². The predicted octanol–water partition coefficient (Wildman–Crippen LogP) is 4.10. The highest BCUT2D eigenvalue weighted by Gasteiger charge is 2.13. The number of carbonyl (C=O) groups is 1. The van der Waals surface area contributed by atoms with Crippen molar-refractivity contribution in [3.05, 3.63) is 64.1 Å². The van der Waals surface area contributed by atoms with Crippen molar-refractivity contribution < 1.29 is 4.79 Å². The van der Waals surface area contributed by atoms with Crippen LogP contribution < -0.4 is 5.32 Å². The molecule has 0 amide bonds. The first-order valence-electron chi connectivity index (χ1n) is 6.33. The molecule has 2 rings (SSSR count). The lowest BCUT2D eigenvalue weighted by Gasteiger charge is -2.06. The number of halogens is 1. The van der Waals surface area contributed by atoms with Gasteiger partial charge in [-0.05, 0) is 42.7 Å². The fourth-order valence-corrected chi connectivity index (χ4v) is 2.40. The van der Waals surface area contributed by atoms with Gasteiger partial charge in [-0.2, -0.15) is 5.26 Å². The number of para-hydroxylation sites is 1. The maximum Gasteiger partial charge on any atom is 0.195 e. The van der Waals surface area contributed by atoms with E-state index in [0.29, 0.717) is 22.0 Å². The summed E-state index contributed by atoms with van der Waals surface area (Å²) < 4.78 is 0.915. The Labute approximate surface area is 141 Å². The van der Waals surface area contributed by atoms with Crippen LogP contribution in [0.3, 0.4) is 0 Å². The second-order valence-electron chi connectivity index (χ2n) is 4.21. The van der Waals surface area contributed by atoms with Gasteiger partial charge in [0.25, 0.3) is 0 Å². The number of rotatable bonds is 3. The molecule has 22 heavy (non-hydrogen) atoms. The van der Waals surface area contributed by atoms with E-state index in [2.05, 4.69) is 26.2 Å². The number of hydrogen-bond acceptors (Lipinski definition) is 4. The number of amidine groups is 1. The van der Waals surface area contributed by atoms with Gasteiger partial charge in [-0.25, -0.2) is 4.99 Å². The molecular weight excluding hydrogens is 362 g/mol. The van der Waals surface area contributed by atoms with Crippen molar-refractivity contribution in [1.82, 2.24) is 5.32 Å². The van der Waals surface area contributed by atoms with E-state index in [0.717, 1.165) is 4.47 Å². The van der Waals surface area contributed by atoms with Crippen LogP contribution in [0.4, 0.5) is 5.69 Å². The van der Waals surface area contributed by atoms with E-state index >= 15 is 0 Å². The zero-order valence-electron chi connectivity index (χ0n) is 11.7. The SMILES string of the molecule is CSC(=Nc1ccccc1C(=O)c1ccc(Br)cc1)NC#N. The number of benzene rings is 2. The Kier molecular flexibility index (Phi) is 5.75. The summed E-state index contributed by atoms with van der Waals surface area (Å²) in [5.74, 6) is -0.107. The molecule has 0 atom stereocenters. The summed E-state index contributed by atoms with van der Waals surface area (Å²) in [4.78, 5) is 17.0. The number of hydrogen-bond donors (Lipinski definition) is 1. The van der Waals surface area contributed by atoms with Crippen LogP contribution in [0.5, 0.6) is 0 Å².